The lowest BCUT2D eigenvalue weighted by molar-refractivity contribution is 0.0600. The van der Waals surface area contributed by atoms with Crippen LogP contribution in [0.2, 0.25) is 10.0 Å². The fourth-order valence-electron chi connectivity index (χ4n) is 1.69. The fourth-order valence-corrected chi connectivity index (χ4v) is 1.99. The van der Waals surface area contributed by atoms with E-state index in [1.807, 2.05) is 0 Å². The highest BCUT2D eigenvalue weighted by Gasteiger charge is 2.07. The number of nitrogens with zero attached hydrogens (tertiary/aromatic N) is 1. The molecule has 0 saturated heterocycles. The summed E-state index contributed by atoms with van der Waals surface area (Å²) in [4.78, 5) is 23.2. The average molecular weight is 351 g/mol. The number of hydrazone groups is 1. The van der Waals surface area contributed by atoms with E-state index in [0.717, 1.165) is 0 Å². The Morgan fingerprint density at radius 1 is 1.04 bits per heavy atom. The molecule has 2 aromatic carbocycles. The quantitative estimate of drug-likeness (QED) is 0.520. The van der Waals surface area contributed by atoms with E-state index >= 15 is 0 Å². The molecule has 118 valence electrons. The number of rotatable bonds is 4. The van der Waals surface area contributed by atoms with Gasteiger partial charge in [0.15, 0.2) is 0 Å². The van der Waals surface area contributed by atoms with Gasteiger partial charge < -0.3 is 4.74 Å². The normalized spacial score (nSPS) is 10.6. The van der Waals surface area contributed by atoms with Crippen molar-refractivity contribution < 1.29 is 14.3 Å². The van der Waals surface area contributed by atoms with E-state index in [9.17, 15) is 9.59 Å². The van der Waals surface area contributed by atoms with Gasteiger partial charge in [-0.3, -0.25) is 4.79 Å². The zero-order chi connectivity index (χ0) is 16.8. The number of nitrogens with one attached hydrogen (secondary N) is 1. The van der Waals surface area contributed by atoms with Gasteiger partial charge in [-0.05, 0) is 35.9 Å². The van der Waals surface area contributed by atoms with Crippen molar-refractivity contribution in [2.75, 3.05) is 7.11 Å². The summed E-state index contributed by atoms with van der Waals surface area (Å²) in [5.41, 5.74) is 3.87. The highest BCUT2D eigenvalue weighted by molar-refractivity contribution is 6.42. The molecule has 2 aromatic rings. The Kier molecular flexibility index (Phi) is 5.73. The molecule has 0 fully saturated rings. The summed E-state index contributed by atoms with van der Waals surface area (Å²) in [6.07, 6.45) is 1.45. The summed E-state index contributed by atoms with van der Waals surface area (Å²) in [7, 11) is 1.32. The minimum Gasteiger partial charge on any atom is -0.465 e. The number of carbonyl (C=O) groups is 2. The first-order valence-electron chi connectivity index (χ1n) is 6.48. The van der Waals surface area contributed by atoms with Gasteiger partial charge in [0.2, 0.25) is 0 Å². The Morgan fingerprint density at radius 3 is 2.30 bits per heavy atom. The smallest absolute Gasteiger partial charge is 0.337 e. The van der Waals surface area contributed by atoms with Gasteiger partial charge in [-0.1, -0.05) is 35.3 Å². The van der Waals surface area contributed by atoms with E-state index in [1.54, 1.807) is 30.3 Å². The van der Waals surface area contributed by atoms with E-state index < -0.39 is 11.9 Å². The lowest BCUT2D eigenvalue weighted by Gasteiger charge is -2.02. The highest BCUT2D eigenvalue weighted by Crippen LogP contribution is 2.22. The lowest BCUT2D eigenvalue weighted by Crippen LogP contribution is -2.17. The Bertz CT molecular complexity index is 758. The van der Waals surface area contributed by atoms with Crippen LogP contribution in [0.3, 0.4) is 0 Å². The molecule has 0 aromatic heterocycles. The topological polar surface area (TPSA) is 67.8 Å². The SMILES string of the molecule is COC(=O)c1ccc(C=NNC(=O)c2ccc(Cl)c(Cl)c2)cc1. The van der Waals surface area contributed by atoms with Crippen molar-refractivity contribution in [3.8, 4) is 0 Å². The summed E-state index contributed by atoms with van der Waals surface area (Å²) in [5.74, 6) is -0.826. The van der Waals surface area contributed by atoms with Crippen LogP contribution in [0, 0.1) is 0 Å². The molecular weight excluding hydrogens is 339 g/mol. The third-order valence-corrected chi connectivity index (χ3v) is 3.63. The number of ether oxygens (including phenoxy) is 1. The second-order valence-electron chi connectivity index (χ2n) is 4.44. The van der Waals surface area contributed by atoms with Crippen LogP contribution in [0.1, 0.15) is 26.3 Å². The second kappa shape index (κ2) is 7.76. The van der Waals surface area contributed by atoms with E-state index in [1.165, 1.54) is 25.5 Å². The Morgan fingerprint density at radius 2 is 1.70 bits per heavy atom. The number of amides is 1. The van der Waals surface area contributed by atoms with Crippen LogP contribution >= 0.6 is 23.2 Å². The van der Waals surface area contributed by atoms with Crippen molar-refractivity contribution in [3.63, 3.8) is 0 Å². The predicted molar refractivity (Wildman–Crippen MR) is 89.3 cm³/mol. The molecule has 5 nitrogen and oxygen atoms in total. The van der Waals surface area contributed by atoms with Gasteiger partial charge in [0.1, 0.15) is 0 Å². The number of hydrogen-bond donors (Lipinski definition) is 1. The number of halogens is 2. The third-order valence-electron chi connectivity index (χ3n) is 2.89. The van der Waals surface area contributed by atoms with Gasteiger partial charge in [0.05, 0.1) is 28.9 Å². The molecule has 7 heteroatoms. The van der Waals surface area contributed by atoms with Crippen molar-refractivity contribution in [1.29, 1.82) is 0 Å². The van der Waals surface area contributed by atoms with E-state index in [0.29, 0.717) is 26.7 Å². The first-order chi connectivity index (χ1) is 11.0. The molecule has 1 amide bonds. The first-order valence-corrected chi connectivity index (χ1v) is 7.23. The summed E-state index contributed by atoms with van der Waals surface area (Å²) in [5, 5.41) is 4.51. The van der Waals surface area contributed by atoms with Crippen molar-refractivity contribution in [2.45, 2.75) is 0 Å². The van der Waals surface area contributed by atoms with Gasteiger partial charge >= 0.3 is 5.97 Å². The van der Waals surface area contributed by atoms with Gasteiger partial charge in [-0.15, -0.1) is 0 Å². The van der Waals surface area contributed by atoms with E-state index in [2.05, 4.69) is 15.3 Å². The molecule has 0 aliphatic carbocycles. The molecule has 0 aliphatic heterocycles. The first kappa shape index (κ1) is 17.0. The molecule has 0 atom stereocenters. The summed E-state index contributed by atoms with van der Waals surface area (Å²) in [6.45, 7) is 0. The molecule has 0 spiro atoms. The van der Waals surface area contributed by atoms with Crippen molar-refractivity contribution in [1.82, 2.24) is 5.43 Å². The molecule has 0 saturated carbocycles. The Hall–Kier alpha value is -2.37. The Labute approximate surface area is 142 Å². The van der Waals surface area contributed by atoms with E-state index in [-0.39, 0.29) is 0 Å². The number of benzene rings is 2. The van der Waals surface area contributed by atoms with Crippen LogP contribution in [-0.2, 0) is 4.74 Å². The maximum Gasteiger partial charge on any atom is 0.337 e. The predicted octanol–water partition coefficient (Wildman–Crippen LogP) is 3.54. The highest BCUT2D eigenvalue weighted by atomic mass is 35.5. The van der Waals surface area contributed by atoms with Crippen LogP contribution in [0.15, 0.2) is 47.6 Å². The maximum atomic E-state index is 11.9. The van der Waals surface area contributed by atoms with Crippen molar-refractivity contribution >= 4 is 41.3 Å². The van der Waals surface area contributed by atoms with E-state index in [4.69, 9.17) is 23.2 Å². The molecule has 1 N–H and O–H groups in total. The van der Waals surface area contributed by atoms with Gasteiger partial charge in [-0.25, -0.2) is 10.2 Å². The Balaban J connectivity index is 1.99. The molecule has 0 unspecified atom stereocenters. The van der Waals surface area contributed by atoms with Gasteiger partial charge in [0, 0.05) is 5.56 Å². The standard InChI is InChI=1S/C16H12Cl2N2O3/c1-23-16(22)11-4-2-10(3-5-11)9-19-20-15(21)12-6-7-13(17)14(18)8-12/h2-9H,1H3,(H,20,21). The van der Waals surface area contributed by atoms with Crippen LogP contribution in [0.25, 0.3) is 0 Å². The van der Waals surface area contributed by atoms with Gasteiger partial charge in [-0.2, -0.15) is 5.10 Å². The van der Waals surface area contributed by atoms with Crippen LogP contribution in [-0.4, -0.2) is 25.2 Å². The molecule has 0 heterocycles. The molecular formula is C16H12Cl2N2O3. The second-order valence-corrected chi connectivity index (χ2v) is 5.26. The van der Waals surface area contributed by atoms with Crippen LogP contribution in [0.4, 0.5) is 0 Å². The van der Waals surface area contributed by atoms with Crippen LogP contribution < -0.4 is 5.43 Å². The minimum absolute atomic E-state index is 0.293. The number of methoxy groups -OCH3 is 1. The molecule has 0 radical (unpaired) electrons. The summed E-state index contributed by atoms with van der Waals surface area (Å²) < 4.78 is 4.61. The average Bonchev–Trinajstić information content (AvgIpc) is 2.57. The van der Waals surface area contributed by atoms with Crippen molar-refractivity contribution in [3.05, 3.63) is 69.2 Å². The van der Waals surface area contributed by atoms with Crippen molar-refractivity contribution in [2.24, 2.45) is 5.10 Å². The summed E-state index contributed by atoms with van der Waals surface area (Å²) in [6, 6.07) is 11.1. The molecule has 23 heavy (non-hydrogen) atoms. The summed E-state index contributed by atoms with van der Waals surface area (Å²) >= 11 is 11.6. The fraction of sp³-hybridized carbons (Fsp3) is 0.0625. The number of hydrogen-bond acceptors (Lipinski definition) is 4. The zero-order valence-corrected chi connectivity index (χ0v) is 13.6. The maximum absolute atomic E-state index is 11.9. The lowest BCUT2D eigenvalue weighted by atomic mass is 10.1. The number of esters is 1. The molecule has 0 aliphatic rings. The van der Waals surface area contributed by atoms with Gasteiger partial charge in [0.25, 0.3) is 5.91 Å². The largest absolute Gasteiger partial charge is 0.465 e. The molecule has 0 bridgehead atoms. The minimum atomic E-state index is -0.415. The van der Waals surface area contributed by atoms with Crippen LogP contribution in [0.5, 0.6) is 0 Å². The zero-order valence-electron chi connectivity index (χ0n) is 12.0. The third kappa shape index (κ3) is 4.55. The monoisotopic (exact) mass is 350 g/mol. The number of carbonyl (C=O) groups excluding carboxylic acids is 2. The molecule has 2 rings (SSSR count).